The van der Waals surface area contributed by atoms with Gasteiger partial charge in [0.15, 0.2) is 0 Å². The Labute approximate surface area is 124 Å². The first-order valence-corrected chi connectivity index (χ1v) is 7.33. The number of para-hydroxylation sites is 1. The molecule has 1 atom stereocenters. The number of hydrogen-bond donors (Lipinski definition) is 0. The Balaban J connectivity index is 1.88. The predicted molar refractivity (Wildman–Crippen MR) is 81.2 cm³/mol. The molecule has 1 aliphatic heterocycles. The van der Waals surface area contributed by atoms with Crippen molar-refractivity contribution in [3.8, 4) is 0 Å². The second-order valence-electron chi connectivity index (χ2n) is 5.35. The molecule has 0 saturated carbocycles. The Morgan fingerprint density at radius 1 is 1.38 bits per heavy atom. The topological polar surface area (TPSA) is 55.3 Å². The van der Waals surface area contributed by atoms with Crippen molar-refractivity contribution in [3.63, 3.8) is 0 Å². The number of ether oxygens (including phenoxy) is 1. The molecule has 2 heterocycles. The predicted octanol–water partition coefficient (Wildman–Crippen LogP) is 2.55. The van der Waals surface area contributed by atoms with Gasteiger partial charge in [-0.3, -0.25) is 4.79 Å². The number of hydrogen-bond acceptors (Lipinski definition) is 5. The minimum Gasteiger partial charge on any atom is -0.469 e. The zero-order chi connectivity index (χ0) is 14.7. The van der Waals surface area contributed by atoms with Gasteiger partial charge in [0.25, 0.3) is 0 Å². The second kappa shape index (κ2) is 6.08. The van der Waals surface area contributed by atoms with E-state index in [1.54, 1.807) is 0 Å². The number of carbonyl (C=O) groups is 1. The minimum atomic E-state index is -0.173. The van der Waals surface area contributed by atoms with Crippen LogP contribution in [0.5, 0.6) is 0 Å². The Kier molecular flexibility index (Phi) is 3.99. The number of methoxy groups -OCH3 is 1. The van der Waals surface area contributed by atoms with Crippen molar-refractivity contribution in [1.29, 1.82) is 0 Å². The maximum Gasteiger partial charge on any atom is 0.307 e. The maximum absolute atomic E-state index is 11.6. The molecule has 0 spiro atoms. The number of benzene rings is 1. The van der Waals surface area contributed by atoms with Crippen LogP contribution in [-0.2, 0) is 9.53 Å². The lowest BCUT2D eigenvalue weighted by Gasteiger charge is -2.35. The lowest BCUT2D eigenvalue weighted by molar-refractivity contribution is -0.141. The van der Waals surface area contributed by atoms with Crippen molar-refractivity contribution in [2.24, 2.45) is 0 Å². The average Bonchev–Trinajstić information content (AvgIpc) is 2.55. The molecule has 0 bridgehead atoms. The van der Waals surface area contributed by atoms with Gasteiger partial charge < -0.3 is 9.64 Å². The molecule has 1 aromatic heterocycles. The maximum atomic E-state index is 11.6. The fourth-order valence-corrected chi connectivity index (χ4v) is 2.85. The van der Waals surface area contributed by atoms with Crippen LogP contribution in [0.3, 0.4) is 0 Å². The Morgan fingerprint density at radius 2 is 2.24 bits per heavy atom. The van der Waals surface area contributed by atoms with E-state index in [1.165, 1.54) is 7.11 Å². The van der Waals surface area contributed by atoms with Gasteiger partial charge in [0.2, 0.25) is 5.95 Å². The van der Waals surface area contributed by atoms with E-state index in [0.29, 0.717) is 12.4 Å². The van der Waals surface area contributed by atoms with Crippen LogP contribution in [0.25, 0.3) is 10.9 Å². The first kappa shape index (κ1) is 13.8. The lowest BCUT2D eigenvalue weighted by atomic mass is 10.00. The van der Waals surface area contributed by atoms with Crippen molar-refractivity contribution in [2.75, 3.05) is 18.6 Å². The van der Waals surface area contributed by atoms with E-state index < -0.39 is 0 Å². The van der Waals surface area contributed by atoms with Crippen LogP contribution < -0.4 is 4.90 Å². The van der Waals surface area contributed by atoms with E-state index in [2.05, 4.69) is 14.9 Å². The van der Waals surface area contributed by atoms with Crippen LogP contribution in [-0.4, -0.2) is 35.6 Å². The molecule has 110 valence electrons. The highest BCUT2D eigenvalue weighted by Crippen LogP contribution is 2.25. The van der Waals surface area contributed by atoms with Crippen molar-refractivity contribution < 1.29 is 9.53 Å². The number of esters is 1. The van der Waals surface area contributed by atoms with Gasteiger partial charge in [0.05, 0.1) is 19.0 Å². The summed E-state index contributed by atoms with van der Waals surface area (Å²) >= 11 is 0. The van der Waals surface area contributed by atoms with Gasteiger partial charge in [-0.1, -0.05) is 18.2 Å². The van der Waals surface area contributed by atoms with E-state index in [-0.39, 0.29) is 12.0 Å². The van der Waals surface area contributed by atoms with E-state index in [0.717, 1.165) is 36.7 Å². The van der Waals surface area contributed by atoms with E-state index in [1.807, 2.05) is 30.5 Å². The molecule has 1 saturated heterocycles. The highest BCUT2D eigenvalue weighted by atomic mass is 16.5. The van der Waals surface area contributed by atoms with E-state index >= 15 is 0 Å². The summed E-state index contributed by atoms with van der Waals surface area (Å²) in [5.41, 5.74) is 0.935. The molecule has 5 heteroatoms. The van der Waals surface area contributed by atoms with Crippen molar-refractivity contribution in [1.82, 2.24) is 9.97 Å². The highest BCUT2D eigenvalue weighted by Gasteiger charge is 2.27. The summed E-state index contributed by atoms with van der Waals surface area (Å²) < 4.78 is 4.80. The van der Waals surface area contributed by atoms with Crippen molar-refractivity contribution in [3.05, 3.63) is 30.5 Å². The zero-order valence-electron chi connectivity index (χ0n) is 12.2. The van der Waals surface area contributed by atoms with Gasteiger partial charge >= 0.3 is 5.97 Å². The SMILES string of the molecule is COC(=O)CC1CCCCN1c1ncc2ccccc2n1. The van der Waals surface area contributed by atoms with Crippen LogP contribution in [0.15, 0.2) is 30.5 Å². The summed E-state index contributed by atoms with van der Waals surface area (Å²) in [6, 6.07) is 8.07. The number of rotatable bonds is 3. The quantitative estimate of drug-likeness (QED) is 0.811. The Hall–Kier alpha value is -2.17. The molecule has 1 aliphatic rings. The van der Waals surface area contributed by atoms with Crippen LogP contribution in [0.4, 0.5) is 5.95 Å². The standard InChI is InChI=1S/C16H19N3O2/c1-21-15(20)10-13-7-4-5-9-19(13)16-17-11-12-6-2-3-8-14(12)18-16/h2-3,6,8,11,13H,4-5,7,9-10H2,1H3. The molecule has 0 amide bonds. The van der Waals surface area contributed by atoms with Crippen molar-refractivity contribution in [2.45, 2.75) is 31.7 Å². The number of carbonyl (C=O) groups excluding carboxylic acids is 1. The molecule has 3 rings (SSSR count). The molecule has 21 heavy (non-hydrogen) atoms. The fourth-order valence-electron chi connectivity index (χ4n) is 2.85. The Morgan fingerprint density at radius 3 is 3.10 bits per heavy atom. The Bertz CT molecular complexity index is 644. The number of aromatic nitrogens is 2. The highest BCUT2D eigenvalue weighted by molar-refractivity contribution is 5.78. The molecular weight excluding hydrogens is 266 g/mol. The van der Waals surface area contributed by atoms with E-state index in [4.69, 9.17) is 4.74 Å². The van der Waals surface area contributed by atoms with Crippen molar-refractivity contribution >= 4 is 22.8 Å². The van der Waals surface area contributed by atoms with Crippen LogP contribution in [0, 0.1) is 0 Å². The largest absolute Gasteiger partial charge is 0.469 e. The summed E-state index contributed by atoms with van der Waals surface area (Å²) in [6.45, 7) is 0.889. The summed E-state index contributed by atoms with van der Waals surface area (Å²) in [7, 11) is 1.43. The van der Waals surface area contributed by atoms with Crippen LogP contribution >= 0.6 is 0 Å². The summed E-state index contributed by atoms with van der Waals surface area (Å²) in [5.74, 6) is 0.537. The average molecular weight is 285 g/mol. The second-order valence-corrected chi connectivity index (χ2v) is 5.35. The molecule has 0 aliphatic carbocycles. The summed E-state index contributed by atoms with van der Waals surface area (Å²) in [4.78, 5) is 22.8. The molecule has 1 aromatic carbocycles. The molecule has 1 fully saturated rings. The third-order valence-corrected chi connectivity index (χ3v) is 3.99. The number of fused-ring (bicyclic) bond motifs is 1. The smallest absolute Gasteiger partial charge is 0.307 e. The molecule has 0 N–H and O–H groups in total. The monoisotopic (exact) mass is 285 g/mol. The summed E-state index contributed by atoms with van der Waals surface area (Å²) in [6.07, 6.45) is 5.46. The molecule has 0 radical (unpaired) electrons. The normalized spacial score (nSPS) is 18.7. The van der Waals surface area contributed by atoms with Gasteiger partial charge in [0.1, 0.15) is 0 Å². The van der Waals surface area contributed by atoms with Gasteiger partial charge in [-0.15, -0.1) is 0 Å². The molecular formula is C16H19N3O2. The van der Waals surface area contributed by atoms with Gasteiger partial charge in [0, 0.05) is 24.2 Å². The zero-order valence-corrected chi connectivity index (χ0v) is 12.2. The lowest BCUT2D eigenvalue weighted by Crippen LogP contribution is -2.42. The first-order chi connectivity index (χ1) is 10.3. The molecule has 1 unspecified atom stereocenters. The van der Waals surface area contributed by atoms with Gasteiger partial charge in [-0.25, -0.2) is 9.97 Å². The number of piperidine rings is 1. The fraction of sp³-hybridized carbons (Fsp3) is 0.438. The van der Waals surface area contributed by atoms with Crippen LogP contribution in [0.2, 0.25) is 0 Å². The van der Waals surface area contributed by atoms with Gasteiger partial charge in [-0.2, -0.15) is 0 Å². The number of nitrogens with zero attached hydrogens (tertiary/aromatic N) is 3. The van der Waals surface area contributed by atoms with Gasteiger partial charge in [-0.05, 0) is 25.3 Å². The third kappa shape index (κ3) is 2.96. The summed E-state index contributed by atoms with van der Waals surface area (Å²) in [5, 5.41) is 1.03. The minimum absolute atomic E-state index is 0.132. The van der Waals surface area contributed by atoms with E-state index in [9.17, 15) is 4.79 Å². The molecule has 5 nitrogen and oxygen atoms in total. The van der Waals surface area contributed by atoms with Crippen LogP contribution in [0.1, 0.15) is 25.7 Å². The first-order valence-electron chi connectivity index (χ1n) is 7.33. The number of anilines is 1. The third-order valence-electron chi connectivity index (χ3n) is 3.99. The molecule has 2 aromatic rings.